The average Bonchev–Trinajstić information content (AvgIpc) is 2.23. The fourth-order valence-electron chi connectivity index (χ4n) is 1.79. The smallest absolute Gasteiger partial charge is 0.0234 e. The summed E-state index contributed by atoms with van der Waals surface area (Å²) in [6.07, 6.45) is 0. The quantitative estimate of drug-likeness (QED) is 0.652. The van der Waals surface area contributed by atoms with Gasteiger partial charge in [0.25, 0.3) is 0 Å². The first-order valence-electron chi connectivity index (χ1n) is 5.16. The predicted molar refractivity (Wildman–Crippen MR) is 58.6 cm³/mol. The summed E-state index contributed by atoms with van der Waals surface area (Å²) in [5.74, 6) is 0. The lowest BCUT2D eigenvalue weighted by molar-refractivity contribution is 0.160. The second-order valence-corrected chi connectivity index (χ2v) is 3.88. The summed E-state index contributed by atoms with van der Waals surface area (Å²) in [6.45, 7) is 5.53. The molecule has 0 atom stereocenters. The van der Waals surface area contributed by atoms with Crippen molar-refractivity contribution in [2.24, 2.45) is 0 Å². The van der Waals surface area contributed by atoms with Crippen LogP contribution in [0.3, 0.4) is 0 Å². The Kier molecular flexibility index (Phi) is 3.17. The summed E-state index contributed by atoms with van der Waals surface area (Å²) in [5.41, 5.74) is 1.41. The van der Waals surface area contributed by atoms with E-state index < -0.39 is 0 Å². The lowest BCUT2D eigenvalue weighted by atomic mass is 10.2. The average molecular weight is 189 g/mol. The molecule has 1 aromatic rings. The Morgan fingerprint density at radius 3 is 2.29 bits per heavy atom. The number of hydrogen-bond donors (Lipinski definition) is 0. The van der Waals surface area contributed by atoms with Crippen molar-refractivity contribution in [2.45, 2.75) is 6.54 Å². The largest absolute Gasteiger partial charge is 0.457 e. The zero-order valence-electron chi connectivity index (χ0n) is 8.52. The molecular formula is C12H17N2-. The maximum atomic E-state index is 3.95. The molecule has 0 unspecified atom stereocenters. The van der Waals surface area contributed by atoms with Gasteiger partial charge in [0.2, 0.25) is 0 Å². The van der Waals surface area contributed by atoms with E-state index in [1.807, 2.05) is 0 Å². The van der Waals surface area contributed by atoms with Crippen molar-refractivity contribution in [3.63, 3.8) is 0 Å². The Labute approximate surface area is 86.1 Å². The highest BCUT2D eigenvalue weighted by molar-refractivity contribution is 5.14. The third-order valence-electron chi connectivity index (χ3n) is 2.71. The molecule has 1 aliphatic heterocycles. The molecule has 0 bridgehead atoms. The van der Waals surface area contributed by atoms with Gasteiger partial charge in [-0.25, -0.2) is 0 Å². The summed E-state index contributed by atoms with van der Waals surface area (Å²) in [7, 11) is 3.95. The molecule has 0 aliphatic carbocycles. The minimum atomic E-state index is 1.08. The maximum absolute atomic E-state index is 3.95. The molecule has 0 radical (unpaired) electrons. The molecule has 14 heavy (non-hydrogen) atoms. The van der Waals surface area contributed by atoms with Crippen LogP contribution in [0, 0.1) is 7.05 Å². The first kappa shape index (κ1) is 9.69. The molecule has 2 rings (SSSR count). The topological polar surface area (TPSA) is 6.48 Å². The Hall–Kier alpha value is -0.860. The van der Waals surface area contributed by atoms with Gasteiger partial charge in [-0.1, -0.05) is 30.3 Å². The second kappa shape index (κ2) is 4.58. The minimum Gasteiger partial charge on any atom is -0.457 e. The van der Waals surface area contributed by atoms with Gasteiger partial charge in [0, 0.05) is 19.6 Å². The van der Waals surface area contributed by atoms with Crippen molar-refractivity contribution in [1.29, 1.82) is 0 Å². The van der Waals surface area contributed by atoms with E-state index in [1.54, 1.807) is 0 Å². The minimum absolute atomic E-state index is 1.08. The first-order valence-corrected chi connectivity index (χ1v) is 5.16. The van der Waals surface area contributed by atoms with Gasteiger partial charge in [-0.3, -0.25) is 11.9 Å². The molecule has 2 heteroatoms. The molecule has 2 nitrogen and oxygen atoms in total. The van der Waals surface area contributed by atoms with Crippen LogP contribution in [0.25, 0.3) is 0 Å². The monoisotopic (exact) mass is 189 g/mol. The Balaban J connectivity index is 1.87. The van der Waals surface area contributed by atoms with Crippen LogP contribution in [0.5, 0.6) is 0 Å². The summed E-state index contributed by atoms with van der Waals surface area (Å²) >= 11 is 0. The highest BCUT2D eigenvalue weighted by atomic mass is 15.2. The highest BCUT2D eigenvalue weighted by Crippen LogP contribution is 2.07. The van der Waals surface area contributed by atoms with E-state index in [-0.39, 0.29) is 0 Å². The van der Waals surface area contributed by atoms with Crippen molar-refractivity contribution < 1.29 is 0 Å². The van der Waals surface area contributed by atoms with Gasteiger partial charge in [0.15, 0.2) is 0 Å². The lowest BCUT2D eigenvalue weighted by Gasteiger charge is -2.37. The zero-order valence-corrected chi connectivity index (χ0v) is 8.52. The third-order valence-corrected chi connectivity index (χ3v) is 2.71. The van der Waals surface area contributed by atoms with Gasteiger partial charge >= 0.3 is 0 Å². The molecule has 0 N–H and O–H groups in total. The summed E-state index contributed by atoms with van der Waals surface area (Å²) in [5, 5.41) is 0. The van der Waals surface area contributed by atoms with E-state index in [1.165, 1.54) is 5.56 Å². The van der Waals surface area contributed by atoms with Crippen LogP contribution >= 0.6 is 0 Å². The van der Waals surface area contributed by atoms with Gasteiger partial charge in [-0.2, -0.15) is 0 Å². The fraction of sp³-hybridized carbons (Fsp3) is 0.417. The molecule has 1 heterocycles. The van der Waals surface area contributed by atoms with Crippen LogP contribution in [0.1, 0.15) is 5.56 Å². The molecule has 0 spiro atoms. The fourth-order valence-corrected chi connectivity index (χ4v) is 1.79. The van der Waals surface area contributed by atoms with E-state index in [0.29, 0.717) is 0 Å². The molecule has 1 fully saturated rings. The summed E-state index contributed by atoms with van der Waals surface area (Å²) < 4.78 is 0. The Bertz CT molecular complexity index is 263. The standard InChI is InChI=1S/C12H17N2/c1-13-7-9-14(10-8-13)11-12-5-3-2-4-6-12/h2-6H,1,7-11H2/q-1. The van der Waals surface area contributed by atoms with Crippen LogP contribution in [-0.4, -0.2) is 36.0 Å². The van der Waals surface area contributed by atoms with Crippen LogP contribution in [-0.2, 0) is 6.54 Å². The van der Waals surface area contributed by atoms with Crippen LogP contribution in [0.2, 0.25) is 0 Å². The maximum Gasteiger partial charge on any atom is 0.0234 e. The van der Waals surface area contributed by atoms with Gasteiger partial charge in [0.1, 0.15) is 0 Å². The number of benzene rings is 1. The molecule has 0 aromatic heterocycles. The zero-order chi connectivity index (χ0) is 9.80. The van der Waals surface area contributed by atoms with Crippen molar-refractivity contribution in [3.8, 4) is 0 Å². The van der Waals surface area contributed by atoms with Gasteiger partial charge in [-0.15, -0.1) is 0 Å². The van der Waals surface area contributed by atoms with Gasteiger partial charge in [-0.05, 0) is 18.7 Å². The van der Waals surface area contributed by atoms with Crippen LogP contribution in [0.15, 0.2) is 30.3 Å². The SMILES string of the molecule is [CH2-]N1CCN(Cc2ccccc2)CC1. The van der Waals surface area contributed by atoms with E-state index in [2.05, 4.69) is 47.2 Å². The molecular weight excluding hydrogens is 172 g/mol. The second-order valence-electron chi connectivity index (χ2n) is 3.88. The predicted octanol–water partition coefficient (Wildman–Crippen LogP) is 1.60. The number of hydrogen-bond acceptors (Lipinski definition) is 2. The van der Waals surface area contributed by atoms with E-state index in [9.17, 15) is 0 Å². The normalized spacial score (nSPS) is 19.8. The van der Waals surface area contributed by atoms with Crippen molar-refractivity contribution >= 4 is 0 Å². The first-order chi connectivity index (χ1) is 6.84. The van der Waals surface area contributed by atoms with Crippen molar-refractivity contribution in [1.82, 2.24) is 9.80 Å². The molecule has 1 aliphatic rings. The highest BCUT2D eigenvalue weighted by Gasteiger charge is 2.10. The lowest BCUT2D eigenvalue weighted by Crippen LogP contribution is -2.42. The number of piperazine rings is 1. The molecule has 0 amide bonds. The van der Waals surface area contributed by atoms with Gasteiger partial charge < -0.3 is 4.90 Å². The van der Waals surface area contributed by atoms with E-state index in [0.717, 1.165) is 32.7 Å². The number of nitrogens with zero attached hydrogens (tertiary/aromatic N) is 2. The van der Waals surface area contributed by atoms with Crippen molar-refractivity contribution in [3.05, 3.63) is 42.9 Å². The molecule has 1 aromatic carbocycles. The Morgan fingerprint density at radius 1 is 1.00 bits per heavy atom. The van der Waals surface area contributed by atoms with Crippen LogP contribution in [0.4, 0.5) is 0 Å². The molecule has 0 saturated carbocycles. The van der Waals surface area contributed by atoms with E-state index in [4.69, 9.17) is 0 Å². The summed E-state index contributed by atoms with van der Waals surface area (Å²) in [4.78, 5) is 4.62. The number of rotatable bonds is 2. The third kappa shape index (κ3) is 2.56. The van der Waals surface area contributed by atoms with E-state index >= 15 is 0 Å². The molecule has 76 valence electrons. The van der Waals surface area contributed by atoms with Crippen molar-refractivity contribution in [2.75, 3.05) is 26.2 Å². The van der Waals surface area contributed by atoms with Gasteiger partial charge in [0.05, 0.1) is 0 Å². The Morgan fingerprint density at radius 2 is 1.64 bits per heavy atom. The van der Waals surface area contributed by atoms with Crippen LogP contribution < -0.4 is 0 Å². The summed E-state index contributed by atoms with van der Waals surface area (Å²) in [6, 6.07) is 10.7. The molecule has 1 saturated heterocycles.